The molecule has 0 aromatic rings. The lowest BCUT2D eigenvalue weighted by atomic mass is 9.88. The molecule has 1 aliphatic carbocycles. The molecule has 7 heteroatoms. The molecule has 1 unspecified atom stereocenters. The predicted molar refractivity (Wildman–Crippen MR) is 102 cm³/mol. The van der Waals surface area contributed by atoms with E-state index >= 15 is 0 Å². The average Bonchev–Trinajstić information content (AvgIpc) is 2.89. The van der Waals surface area contributed by atoms with Gasteiger partial charge in [0.15, 0.2) is 0 Å². The number of hydrogen-bond acceptors (Lipinski definition) is 4. The zero-order valence-corrected chi connectivity index (χ0v) is 16.4. The van der Waals surface area contributed by atoms with Gasteiger partial charge in [-0.2, -0.15) is 0 Å². The third-order valence-corrected chi connectivity index (χ3v) is 5.25. The van der Waals surface area contributed by atoms with Crippen molar-refractivity contribution in [1.29, 1.82) is 0 Å². The monoisotopic (exact) mass is 402 g/mol. The molecule has 1 fully saturated rings. The molecule has 5 nitrogen and oxygen atoms in total. The molecule has 0 aliphatic heterocycles. The van der Waals surface area contributed by atoms with Crippen LogP contribution in [-0.2, 0) is 9.59 Å². The van der Waals surface area contributed by atoms with E-state index in [-0.39, 0.29) is 31.5 Å². The van der Waals surface area contributed by atoms with Gasteiger partial charge in [0.2, 0.25) is 0 Å². The number of alkyl halides is 2. The summed E-state index contributed by atoms with van der Waals surface area (Å²) in [4.78, 5) is 22.6. The molecule has 0 aromatic carbocycles. The van der Waals surface area contributed by atoms with Gasteiger partial charge in [0.1, 0.15) is 11.4 Å². The Morgan fingerprint density at radius 2 is 2.00 bits per heavy atom. The van der Waals surface area contributed by atoms with E-state index in [0.717, 1.165) is 0 Å². The Labute approximate surface area is 165 Å². The number of aliphatic hydroxyl groups excluding tert-OH is 1. The summed E-state index contributed by atoms with van der Waals surface area (Å²) < 4.78 is 26.4. The molecule has 0 radical (unpaired) electrons. The van der Waals surface area contributed by atoms with Crippen molar-refractivity contribution in [2.24, 2.45) is 11.8 Å². The summed E-state index contributed by atoms with van der Waals surface area (Å²) in [5.74, 6) is -1.83. The van der Waals surface area contributed by atoms with Gasteiger partial charge in [-0.3, -0.25) is 9.59 Å². The first-order valence-corrected chi connectivity index (χ1v) is 9.96. The Bertz CT molecular complexity index is 561. The first-order valence-electron chi connectivity index (χ1n) is 9.96. The lowest BCUT2D eigenvalue weighted by Gasteiger charge is -2.26. The van der Waals surface area contributed by atoms with Gasteiger partial charge >= 0.3 is 5.97 Å². The van der Waals surface area contributed by atoms with E-state index in [1.54, 1.807) is 12.2 Å². The average molecular weight is 402 g/mol. The maximum absolute atomic E-state index is 13.2. The number of aliphatic carboxylic acids is 1. The highest BCUT2D eigenvalue weighted by Gasteiger charge is 2.40. The fraction of sp³-hybridized carbons (Fsp3) is 0.714. The van der Waals surface area contributed by atoms with Crippen LogP contribution in [0.15, 0.2) is 24.3 Å². The number of carbonyl (C=O) groups excluding carboxylic acids is 1. The van der Waals surface area contributed by atoms with Gasteiger partial charge in [0.25, 0.3) is 6.43 Å². The van der Waals surface area contributed by atoms with Gasteiger partial charge in [-0.05, 0) is 32.1 Å². The Kier molecular flexibility index (Phi) is 10.5. The van der Waals surface area contributed by atoms with Crippen LogP contribution in [0.5, 0.6) is 0 Å². The zero-order chi connectivity index (χ0) is 21.2. The number of hydrogen-bond donors (Lipinski definition) is 3. The molecule has 0 heterocycles. The van der Waals surface area contributed by atoms with Crippen LogP contribution in [0, 0.1) is 11.8 Å². The van der Waals surface area contributed by atoms with E-state index in [1.807, 2.05) is 13.0 Å². The van der Waals surface area contributed by atoms with Crippen molar-refractivity contribution < 1.29 is 33.7 Å². The van der Waals surface area contributed by atoms with Gasteiger partial charge < -0.3 is 15.3 Å². The number of ketones is 1. The van der Waals surface area contributed by atoms with Crippen molar-refractivity contribution in [1.82, 2.24) is 0 Å². The minimum atomic E-state index is -2.86. The summed E-state index contributed by atoms with van der Waals surface area (Å²) >= 11 is 0. The standard InChI is InChI=1S/C21H32F2O5/c1-2-3-12-21(28,20(22)23)13-8-10-16-15(17(24)14-18(16)25)9-6-4-5-7-11-19(26)27/h4,6,8,10,15-16,18,20,25,28H,2-3,5,7,9,11-14H2,1H3,(H,26,27)/b6-4-,10-8+/t15-,16-,18-,21?/m1/s1. The molecule has 1 aliphatic rings. The van der Waals surface area contributed by atoms with E-state index in [2.05, 4.69) is 0 Å². The Hall–Kier alpha value is -1.60. The normalized spacial score (nSPS) is 25.2. The van der Waals surface area contributed by atoms with Crippen LogP contribution in [0.25, 0.3) is 0 Å². The smallest absolute Gasteiger partial charge is 0.303 e. The number of Topliss-reactive ketones (excluding diaryl/α,β-unsaturated/α-hetero) is 1. The molecule has 0 bridgehead atoms. The first-order chi connectivity index (χ1) is 13.2. The lowest BCUT2D eigenvalue weighted by Crippen LogP contribution is -2.36. The molecular formula is C21H32F2O5. The van der Waals surface area contributed by atoms with E-state index in [4.69, 9.17) is 5.11 Å². The van der Waals surface area contributed by atoms with Crippen molar-refractivity contribution in [3.8, 4) is 0 Å². The maximum Gasteiger partial charge on any atom is 0.303 e. The van der Waals surface area contributed by atoms with E-state index in [0.29, 0.717) is 32.1 Å². The second kappa shape index (κ2) is 12.1. The van der Waals surface area contributed by atoms with Crippen LogP contribution in [0.4, 0.5) is 8.78 Å². The van der Waals surface area contributed by atoms with E-state index in [9.17, 15) is 28.6 Å². The third-order valence-electron chi connectivity index (χ3n) is 5.25. The maximum atomic E-state index is 13.2. The molecule has 0 saturated heterocycles. The predicted octanol–water partition coefficient (Wildman–Crippen LogP) is 3.89. The van der Waals surface area contributed by atoms with E-state index < -0.39 is 35.9 Å². The van der Waals surface area contributed by atoms with Gasteiger partial charge in [0.05, 0.1) is 6.10 Å². The van der Waals surface area contributed by atoms with Gasteiger partial charge in [0, 0.05) is 24.7 Å². The van der Waals surface area contributed by atoms with Gasteiger partial charge in [-0.1, -0.05) is 44.1 Å². The van der Waals surface area contributed by atoms with E-state index in [1.165, 1.54) is 6.08 Å². The summed E-state index contributed by atoms with van der Waals surface area (Å²) in [6.45, 7) is 1.86. The first kappa shape index (κ1) is 24.4. The minimum absolute atomic E-state index is 0.000165. The van der Waals surface area contributed by atoms with Crippen molar-refractivity contribution in [3.63, 3.8) is 0 Å². The van der Waals surface area contributed by atoms with Crippen LogP contribution in [0.3, 0.4) is 0 Å². The molecule has 1 rings (SSSR count). The molecule has 160 valence electrons. The van der Waals surface area contributed by atoms with Gasteiger partial charge in [-0.25, -0.2) is 8.78 Å². The SMILES string of the molecule is CCCCC(O)(C/C=C/[C@H]1[C@H](O)CC(=O)[C@@H]1C/C=C\CCCC(=O)O)C(F)F. The molecule has 0 amide bonds. The number of allylic oxidation sites excluding steroid dienone is 2. The third kappa shape index (κ3) is 7.80. The van der Waals surface area contributed by atoms with Crippen LogP contribution in [-0.4, -0.2) is 45.2 Å². The van der Waals surface area contributed by atoms with Crippen LogP contribution < -0.4 is 0 Å². The second-order valence-electron chi connectivity index (χ2n) is 7.55. The number of carboxylic acids is 1. The highest BCUT2D eigenvalue weighted by molar-refractivity contribution is 5.84. The highest BCUT2D eigenvalue weighted by Crippen LogP contribution is 2.34. The van der Waals surface area contributed by atoms with Crippen molar-refractivity contribution in [3.05, 3.63) is 24.3 Å². The fourth-order valence-electron chi connectivity index (χ4n) is 3.47. The summed E-state index contributed by atoms with van der Waals surface area (Å²) in [5, 5.41) is 28.9. The van der Waals surface area contributed by atoms with Crippen molar-refractivity contribution in [2.75, 3.05) is 0 Å². The number of unbranched alkanes of at least 4 members (excludes halogenated alkanes) is 2. The van der Waals surface area contributed by atoms with Crippen LogP contribution in [0.1, 0.15) is 64.7 Å². The molecule has 4 atom stereocenters. The number of aliphatic hydroxyl groups is 2. The zero-order valence-electron chi connectivity index (χ0n) is 16.4. The topological polar surface area (TPSA) is 94.8 Å². The molecular weight excluding hydrogens is 370 g/mol. The fourth-order valence-corrected chi connectivity index (χ4v) is 3.47. The second-order valence-corrected chi connectivity index (χ2v) is 7.55. The van der Waals surface area contributed by atoms with Gasteiger partial charge in [-0.15, -0.1) is 0 Å². The molecule has 0 spiro atoms. The molecule has 3 N–H and O–H groups in total. The number of halogens is 2. The Balaban J connectivity index is 2.64. The minimum Gasteiger partial charge on any atom is -0.481 e. The summed E-state index contributed by atoms with van der Waals surface area (Å²) in [7, 11) is 0. The molecule has 1 saturated carbocycles. The summed E-state index contributed by atoms with van der Waals surface area (Å²) in [6, 6.07) is 0. The van der Waals surface area contributed by atoms with Crippen LogP contribution in [0.2, 0.25) is 0 Å². The number of rotatable bonds is 13. The quantitative estimate of drug-likeness (QED) is 0.321. The molecule has 28 heavy (non-hydrogen) atoms. The Morgan fingerprint density at radius 1 is 1.29 bits per heavy atom. The molecule has 0 aromatic heterocycles. The summed E-state index contributed by atoms with van der Waals surface area (Å²) in [5.41, 5.74) is -2.08. The van der Waals surface area contributed by atoms with Crippen LogP contribution >= 0.6 is 0 Å². The summed E-state index contributed by atoms with van der Waals surface area (Å²) in [6.07, 6.45) is 5.56. The van der Waals surface area contributed by atoms with Crippen molar-refractivity contribution in [2.45, 2.75) is 82.8 Å². The number of carboxylic acid groups (broad SMARTS) is 1. The lowest BCUT2D eigenvalue weighted by molar-refractivity contribution is -0.137. The largest absolute Gasteiger partial charge is 0.481 e. The Morgan fingerprint density at radius 3 is 2.61 bits per heavy atom. The number of carbonyl (C=O) groups is 2. The highest BCUT2D eigenvalue weighted by atomic mass is 19.3. The van der Waals surface area contributed by atoms with Crippen molar-refractivity contribution >= 4 is 11.8 Å².